The summed E-state index contributed by atoms with van der Waals surface area (Å²) < 4.78 is 14.3. The molecule has 3 aliphatic rings. The first-order valence-electron chi connectivity index (χ1n) is 11.5. The molecule has 2 amide bonds. The van der Waals surface area contributed by atoms with E-state index in [0.29, 0.717) is 34.2 Å². The van der Waals surface area contributed by atoms with Gasteiger partial charge in [-0.3, -0.25) is 19.6 Å². The summed E-state index contributed by atoms with van der Waals surface area (Å²) in [6.45, 7) is 7.71. The van der Waals surface area contributed by atoms with E-state index in [4.69, 9.17) is 0 Å². The van der Waals surface area contributed by atoms with Crippen LogP contribution in [0.2, 0.25) is 0 Å². The van der Waals surface area contributed by atoms with Crippen LogP contribution in [0, 0.1) is 5.82 Å². The Bertz CT molecular complexity index is 986. The number of hydrogen-bond acceptors (Lipinski definition) is 6. The highest BCUT2D eigenvalue weighted by atomic mass is 35.5. The molecule has 194 valence electrons. The smallest absolute Gasteiger partial charge is 0.407 e. The van der Waals surface area contributed by atoms with E-state index in [1.807, 2.05) is 5.01 Å². The second-order valence-electron chi connectivity index (χ2n) is 8.35. The second-order valence-corrected chi connectivity index (χ2v) is 9.36. The van der Waals surface area contributed by atoms with E-state index >= 15 is 0 Å². The minimum Gasteiger partial charge on any atom is -0.465 e. The fourth-order valence-electron chi connectivity index (χ4n) is 4.89. The summed E-state index contributed by atoms with van der Waals surface area (Å²) in [4.78, 5) is 33.0. The van der Waals surface area contributed by atoms with Crippen molar-refractivity contribution in [3.63, 3.8) is 0 Å². The summed E-state index contributed by atoms with van der Waals surface area (Å²) in [7, 11) is 0. The Labute approximate surface area is 221 Å². The number of carbonyl (C=O) groups is 2. The molecule has 1 aromatic rings. The highest BCUT2D eigenvalue weighted by molar-refractivity contribution is 8.18. The van der Waals surface area contributed by atoms with Crippen LogP contribution in [0.5, 0.6) is 0 Å². The number of nitrogens with zero attached hydrogens (tertiary/aromatic N) is 4. The van der Waals surface area contributed by atoms with Gasteiger partial charge in [-0.1, -0.05) is 19.9 Å². The summed E-state index contributed by atoms with van der Waals surface area (Å²) in [5.41, 5.74) is 4.47. The molecule has 1 aromatic carbocycles. The Morgan fingerprint density at radius 3 is 2.66 bits per heavy atom. The normalized spacial score (nSPS) is 23.4. The molecule has 0 spiro atoms. The van der Waals surface area contributed by atoms with Gasteiger partial charge in [0.25, 0.3) is 5.91 Å². The zero-order valence-corrected chi connectivity index (χ0v) is 22.2. The third-order valence-electron chi connectivity index (χ3n) is 6.50. The number of likely N-dealkylation sites (N-methyl/N-ethyl adjacent to an activating group) is 1. The molecule has 3 heterocycles. The van der Waals surface area contributed by atoms with E-state index in [2.05, 4.69) is 29.2 Å². The zero-order chi connectivity index (χ0) is 23.5. The number of likely N-dealkylation sites (tertiary alicyclic amines) is 1. The number of hydrogen-bond donors (Lipinski definition) is 2. The first-order chi connectivity index (χ1) is 15.9. The number of halogens is 3. The van der Waals surface area contributed by atoms with Crippen LogP contribution in [0.4, 0.5) is 9.18 Å². The molecule has 8 nitrogen and oxygen atoms in total. The van der Waals surface area contributed by atoms with Crippen LogP contribution >= 0.6 is 36.6 Å². The quantitative estimate of drug-likeness (QED) is 0.529. The van der Waals surface area contributed by atoms with Crippen molar-refractivity contribution in [2.24, 2.45) is 4.99 Å². The molecule has 1 unspecified atom stereocenters. The molecule has 2 atom stereocenters. The van der Waals surface area contributed by atoms with Crippen molar-refractivity contribution < 1.29 is 19.1 Å². The van der Waals surface area contributed by atoms with Crippen LogP contribution in [0.15, 0.2) is 28.1 Å². The van der Waals surface area contributed by atoms with Crippen molar-refractivity contribution >= 4 is 59.8 Å². The molecule has 35 heavy (non-hydrogen) atoms. The van der Waals surface area contributed by atoms with Crippen LogP contribution in [-0.2, 0) is 4.79 Å². The van der Waals surface area contributed by atoms with E-state index in [1.165, 1.54) is 28.8 Å². The summed E-state index contributed by atoms with van der Waals surface area (Å²) in [6, 6.07) is 3.93. The maximum Gasteiger partial charge on any atom is 0.407 e. The molecular formula is C23H32Cl2FN5O3S. The Morgan fingerprint density at radius 1 is 1.29 bits per heavy atom. The number of thioether (sulfide) groups is 1. The third-order valence-corrected chi connectivity index (χ3v) is 7.51. The van der Waals surface area contributed by atoms with Gasteiger partial charge in [0.2, 0.25) is 0 Å². The molecule has 0 bridgehead atoms. The van der Waals surface area contributed by atoms with Gasteiger partial charge in [0.1, 0.15) is 5.82 Å². The van der Waals surface area contributed by atoms with E-state index in [9.17, 15) is 19.1 Å². The van der Waals surface area contributed by atoms with Gasteiger partial charge >= 0.3 is 6.09 Å². The molecule has 3 aliphatic heterocycles. The number of carbonyl (C=O) groups excluding carboxylic acids is 1. The highest BCUT2D eigenvalue weighted by Gasteiger charge is 2.41. The topological polar surface area (TPSA) is 88.5 Å². The summed E-state index contributed by atoms with van der Waals surface area (Å²) >= 11 is 1.26. The predicted octanol–water partition coefficient (Wildman–Crippen LogP) is 4.38. The van der Waals surface area contributed by atoms with Crippen LogP contribution in [0.3, 0.4) is 0 Å². The lowest BCUT2D eigenvalue weighted by Gasteiger charge is -2.34. The Morgan fingerprint density at radius 2 is 2.03 bits per heavy atom. The lowest BCUT2D eigenvalue weighted by atomic mass is 9.93. The minimum absolute atomic E-state index is 0. The maximum absolute atomic E-state index is 14.3. The van der Waals surface area contributed by atoms with E-state index in [1.54, 1.807) is 12.1 Å². The lowest BCUT2D eigenvalue weighted by molar-refractivity contribution is -0.113. The Hall–Kier alpha value is -1.85. The fourth-order valence-corrected chi connectivity index (χ4v) is 5.80. The summed E-state index contributed by atoms with van der Waals surface area (Å²) in [6.07, 6.45) is 3.46. The maximum atomic E-state index is 14.3. The van der Waals surface area contributed by atoms with Gasteiger partial charge in [-0.05, 0) is 73.4 Å². The molecule has 0 aromatic heterocycles. The standard InChI is InChI=1S/C23H30FN5O3S.2ClH/c1-3-27(4-2)18-9-12-28(23(31)32)20(18)17-8-7-16(24)13-15(17)14-19-21(30)26-22(33-19)29-11-6-5-10-25-29;;/h7-8,13-14,18,20,25H,3-6,9-12H2,1-2H3,(H,31,32);2*1H/b19-14+;;/t18-,20?;;/m1../s1. The van der Waals surface area contributed by atoms with E-state index < -0.39 is 18.0 Å². The van der Waals surface area contributed by atoms with Gasteiger partial charge in [-0.15, -0.1) is 24.8 Å². The van der Waals surface area contributed by atoms with Crippen LogP contribution < -0.4 is 5.43 Å². The predicted molar refractivity (Wildman–Crippen MR) is 142 cm³/mol. The van der Waals surface area contributed by atoms with Crippen LogP contribution in [-0.4, -0.2) is 75.8 Å². The van der Waals surface area contributed by atoms with Gasteiger partial charge in [0.15, 0.2) is 5.17 Å². The van der Waals surface area contributed by atoms with Crippen LogP contribution in [0.25, 0.3) is 6.08 Å². The van der Waals surface area contributed by atoms with Crippen LogP contribution in [0.1, 0.15) is 50.3 Å². The van der Waals surface area contributed by atoms with Gasteiger partial charge < -0.3 is 5.11 Å². The molecule has 4 rings (SSSR count). The third kappa shape index (κ3) is 6.29. The number of amides is 2. The molecule has 0 aliphatic carbocycles. The highest BCUT2D eigenvalue weighted by Crippen LogP contribution is 2.39. The SMILES string of the molecule is CCN(CC)[C@@H]1CCN(C(=O)O)C1c1ccc(F)cc1/C=C1/SC(N2CCCCN2)=NC1=O.Cl.Cl. The van der Waals surface area contributed by atoms with Crippen molar-refractivity contribution in [2.45, 2.75) is 45.2 Å². The van der Waals surface area contributed by atoms with Crippen molar-refractivity contribution in [2.75, 3.05) is 32.7 Å². The number of nitrogens with one attached hydrogen (secondary N) is 1. The monoisotopic (exact) mass is 547 g/mol. The molecular weight excluding hydrogens is 516 g/mol. The molecule has 2 fully saturated rings. The zero-order valence-electron chi connectivity index (χ0n) is 19.8. The molecule has 0 radical (unpaired) electrons. The van der Waals surface area contributed by atoms with Gasteiger partial charge in [-0.2, -0.15) is 4.99 Å². The summed E-state index contributed by atoms with van der Waals surface area (Å²) in [5, 5.41) is 12.4. The first-order valence-corrected chi connectivity index (χ1v) is 12.3. The number of benzene rings is 1. The summed E-state index contributed by atoms with van der Waals surface area (Å²) in [5.74, 6) is -0.793. The number of aliphatic imine (C=N–C) groups is 1. The Balaban J connectivity index is 0.00000216. The molecule has 0 saturated carbocycles. The molecule has 2 N–H and O–H groups in total. The van der Waals surface area contributed by atoms with Crippen molar-refractivity contribution in [1.29, 1.82) is 0 Å². The molecule has 2 saturated heterocycles. The minimum atomic E-state index is -0.995. The van der Waals surface area contributed by atoms with E-state index in [0.717, 1.165) is 39.0 Å². The van der Waals surface area contributed by atoms with Crippen molar-refractivity contribution in [3.05, 3.63) is 40.0 Å². The van der Waals surface area contributed by atoms with Gasteiger partial charge in [0, 0.05) is 25.7 Å². The van der Waals surface area contributed by atoms with E-state index in [-0.39, 0.29) is 36.8 Å². The number of hydrazine groups is 1. The number of rotatable bonds is 5. The lowest BCUT2D eigenvalue weighted by Crippen LogP contribution is -2.45. The van der Waals surface area contributed by atoms with Crippen molar-refractivity contribution in [3.8, 4) is 0 Å². The van der Waals surface area contributed by atoms with Gasteiger partial charge in [-0.25, -0.2) is 14.6 Å². The Kier molecular flexibility index (Phi) is 10.8. The number of carboxylic acid groups (broad SMARTS) is 1. The van der Waals surface area contributed by atoms with Gasteiger partial charge in [0.05, 0.1) is 10.9 Å². The largest absolute Gasteiger partial charge is 0.465 e. The first kappa shape index (κ1) is 29.4. The fraction of sp³-hybridized carbons (Fsp3) is 0.522. The second kappa shape index (κ2) is 12.9. The average Bonchev–Trinajstić information content (AvgIpc) is 3.40. The number of amidine groups is 1. The average molecular weight is 549 g/mol. The van der Waals surface area contributed by atoms with Crippen molar-refractivity contribution in [1.82, 2.24) is 20.2 Å². The molecule has 12 heteroatoms.